The van der Waals surface area contributed by atoms with E-state index in [0.29, 0.717) is 11.7 Å². The zero-order chi connectivity index (χ0) is 13.7. The molecule has 0 amide bonds. The SMILES string of the molecule is CCC1CCCC(Nc2ccccc2[N+](=O)[O-])CC1. The van der Waals surface area contributed by atoms with Gasteiger partial charge in [0, 0.05) is 12.1 Å². The third-order valence-corrected chi connectivity index (χ3v) is 4.13. The Balaban J connectivity index is 2.03. The molecule has 0 saturated heterocycles. The largest absolute Gasteiger partial charge is 0.377 e. The van der Waals surface area contributed by atoms with Crippen LogP contribution in [-0.2, 0) is 0 Å². The van der Waals surface area contributed by atoms with E-state index < -0.39 is 0 Å². The van der Waals surface area contributed by atoms with E-state index in [2.05, 4.69) is 12.2 Å². The molecule has 19 heavy (non-hydrogen) atoms. The summed E-state index contributed by atoms with van der Waals surface area (Å²) in [5.41, 5.74) is 0.839. The number of nitro benzene ring substituents is 1. The molecule has 0 aromatic heterocycles. The second-order valence-corrected chi connectivity index (χ2v) is 5.40. The molecule has 0 bridgehead atoms. The average Bonchev–Trinajstić information content (AvgIpc) is 2.64. The van der Waals surface area contributed by atoms with Crippen LogP contribution in [0.15, 0.2) is 24.3 Å². The van der Waals surface area contributed by atoms with Gasteiger partial charge in [-0.05, 0) is 31.2 Å². The minimum absolute atomic E-state index is 0.179. The highest BCUT2D eigenvalue weighted by Crippen LogP contribution is 2.30. The summed E-state index contributed by atoms with van der Waals surface area (Å²) in [5.74, 6) is 0.831. The normalized spacial score (nSPS) is 23.6. The van der Waals surface area contributed by atoms with E-state index in [-0.39, 0.29) is 10.6 Å². The summed E-state index contributed by atoms with van der Waals surface area (Å²) in [7, 11) is 0. The van der Waals surface area contributed by atoms with Gasteiger partial charge in [-0.25, -0.2) is 0 Å². The number of para-hydroxylation sites is 2. The number of nitrogens with one attached hydrogen (secondary N) is 1. The topological polar surface area (TPSA) is 55.2 Å². The molecule has 1 aliphatic rings. The first-order chi connectivity index (χ1) is 9.20. The van der Waals surface area contributed by atoms with Gasteiger partial charge in [0.1, 0.15) is 5.69 Å². The molecule has 0 heterocycles. The fourth-order valence-electron chi connectivity index (χ4n) is 2.91. The minimum atomic E-state index is -0.312. The molecule has 1 aliphatic carbocycles. The lowest BCUT2D eigenvalue weighted by atomic mass is 9.98. The predicted molar refractivity (Wildman–Crippen MR) is 77.4 cm³/mol. The molecule has 1 N–H and O–H groups in total. The van der Waals surface area contributed by atoms with E-state index in [4.69, 9.17) is 0 Å². The maximum Gasteiger partial charge on any atom is 0.292 e. The highest BCUT2D eigenvalue weighted by Gasteiger charge is 2.20. The molecular formula is C15H22N2O2. The van der Waals surface area contributed by atoms with Gasteiger partial charge in [0.2, 0.25) is 0 Å². The lowest BCUT2D eigenvalue weighted by molar-refractivity contribution is -0.384. The van der Waals surface area contributed by atoms with E-state index in [0.717, 1.165) is 18.8 Å². The summed E-state index contributed by atoms with van der Waals surface area (Å²) < 4.78 is 0. The standard InChI is InChI=1S/C15H22N2O2/c1-2-12-6-5-7-13(11-10-12)16-14-8-3-4-9-15(14)17(18)19/h3-4,8-9,12-13,16H,2,5-7,10-11H2,1H3. The molecule has 104 valence electrons. The van der Waals surface area contributed by atoms with Crippen molar-refractivity contribution in [1.82, 2.24) is 0 Å². The number of hydrogen-bond donors (Lipinski definition) is 1. The highest BCUT2D eigenvalue weighted by atomic mass is 16.6. The van der Waals surface area contributed by atoms with Crippen LogP contribution in [0, 0.1) is 16.0 Å². The van der Waals surface area contributed by atoms with Gasteiger partial charge in [-0.1, -0.05) is 38.3 Å². The third kappa shape index (κ3) is 3.69. The molecule has 4 heteroatoms. The molecule has 1 aromatic rings. The van der Waals surface area contributed by atoms with E-state index in [1.54, 1.807) is 18.2 Å². The smallest absolute Gasteiger partial charge is 0.292 e. The van der Waals surface area contributed by atoms with E-state index in [1.165, 1.54) is 25.7 Å². The fraction of sp³-hybridized carbons (Fsp3) is 0.600. The molecule has 1 aromatic carbocycles. The quantitative estimate of drug-likeness (QED) is 0.498. The number of rotatable bonds is 4. The molecule has 0 spiro atoms. The van der Waals surface area contributed by atoms with Crippen molar-refractivity contribution in [2.75, 3.05) is 5.32 Å². The summed E-state index contributed by atoms with van der Waals surface area (Å²) in [4.78, 5) is 10.7. The maximum absolute atomic E-state index is 11.0. The Hall–Kier alpha value is -1.58. The average molecular weight is 262 g/mol. The first-order valence-electron chi connectivity index (χ1n) is 7.20. The van der Waals surface area contributed by atoms with Crippen LogP contribution in [0.4, 0.5) is 11.4 Å². The van der Waals surface area contributed by atoms with Crippen molar-refractivity contribution >= 4 is 11.4 Å². The Morgan fingerprint density at radius 2 is 2.05 bits per heavy atom. The van der Waals surface area contributed by atoms with E-state index in [9.17, 15) is 10.1 Å². The van der Waals surface area contributed by atoms with Crippen LogP contribution in [0.3, 0.4) is 0 Å². The molecule has 4 nitrogen and oxygen atoms in total. The van der Waals surface area contributed by atoms with Crippen molar-refractivity contribution in [2.24, 2.45) is 5.92 Å². The highest BCUT2D eigenvalue weighted by molar-refractivity contribution is 5.61. The van der Waals surface area contributed by atoms with Gasteiger partial charge in [0.25, 0.3) is 5.69 Å². The predicted octanol–water partition coefficient (Wildman–Crippen LogP) is 4.37. The Bertz CT molecular complexity index is 434. The third-order valence-electron chi connectivity index (χ3n) is 4.13. The van der Waals surface area contributed by atoms with Crippen LogP contribution >= 0.6 is 0 Å². The number of anilines is 1. The van der Waals surface area contributed by atoms with Crippen molar-refractivity contribution in [3.8, 4) is 0 Å². The minimum Gasteiger partial charge on any atom is -0.377 e. The molecule has 2 rings (SSSR count). The Morgan fingerprint density at radius 3 is 2.79 bits per heavy atom. The van der Waals surface area contributed by atoms with Crippen molar-refractivity contribution in [3.05, 3.63) is 34.4 Å². The summed E-state index contributed by atoms with van der Waals surface area (Å²) in [6.45, 7) is 2.25. The van der Waals surface area contributed by atoms with Gasteiger partial charge in [-0.15, -0.1) is 0 Å². The summed E-state index contributed by atoms with van der Waals surface area (Å²) >= 11 is 0. The zero-order valence-electron chi connectivity index (χ0n) is 11.5. The van der Waals surface area contributed by atoms with Crippen molar-refractivity contribution in [1.29, 1.82) is 0 Å². The molecular weight excluding hydrogens is 240 g/mol. The van der Waals surface area contributed by atoms with Crippen molar-refractivity contribution in [2.45, 2.75) is 51.5 Å². The van der Waals surface area contributed by atoms with Crippen LogP contribution in [-0.4, -0.2) is 11.0 Å². The van der Waals surface area contributed by atoms with Gasteiger partial charge in [0.15, 0.2) is 0 Å². The first-order valence-corrected chi connectivity index (χ1v) is 7.20. The molecule has 1 saturated carbocycles. The van der Waals surface area contributed by atoms with E-state index >= 15 is 0 Å². The summed E-state index contributed by atoms with van der Waals surface area (Å²) in [5, 5.41) is 14.4. The first kappa shape index (κ1) is 13.8. The molecule has 1 fully saturated rings. The van der Waals surface area contributed by atoms with Gasteiger partial charge in [-0.3, -0.25) is 10.1 Å². The Kier molecular flexibility index (Phi) is 4.77. The number of nitro groups is 1. The van der Waals surface area contributed by atoms with Crippen LogP contribution in [0.2, 0.25) is 0 Å². The number of hydrogen-bond acceptors (Lipinski definition) is 3. The van der Waals surface area contributed by atoms with Crippen LogP contribution < -0.4 is 5.32 Å². The van der Waals surface area contributed by atoms with Crippen LogP contribution in [0.5, 0.6) is 0 Å². The van der Waals surface area contributed by atoms with Gasteiger partial charge < -0.3 is 5.32 Å². The van der Waals surface area contributed by atoms with Gasteiger partial charge in [0.05, 0.1) is 4.92 Å². The molecule has 0 aliphatic heterocycles. The Morgan fingerprint density at radius 1 is 1.26 bits per heavy atom. The fourth-order valence-corrected chi connectivity index (χ4v) is 2.91. The number of benzene rings is 1. The second kappa shape index (κ2) is 6.55. The Labute approximate surface area is 114 Å². The van der Waals surface area contributed by atoms with Crippen LogP contribution in [0.1, 0.15) is 45.4 Å². The molecule has 2 unspecified atom stereocenters. The lowest BCUT2D eigenvalue weighted by Gasteiger charge is -2.17. The van der Waals surface area contributed by atoms with Gasteiger partial charge in [-0.2, -0.15) is 0 Å². The lowest BCUT2D eigenvalue weighted by Crippen LogP contribution is -2.19. The summed E-state index contributed by atoms with van der Waals surface area (Å²) in [6, 6.07) is 7.30. The van der Waals surface area contributed by atoms with Crippen molar-refractivity contribution in [3.63, 3.8) is 0 Å². The van der Waals surface area contributed by atoms with E-state index in [1.807, 2.05) is 6.07 Å². The maximum atomic E-state index is 11.0. The second-order valence-electron chi connectivity index (χ2n) is 5.40. The monoisotopic (exact) mass is 262 g/mol. The van der Waals surface area contributed by atoms with Crippen LogP contribution in [0.25, 0.3) is 0 Å². The summed E-state index contributed by atoms with van der Waals surface area (Å²) in [6.07, 6.45) is 7.22. The van der Waals surface area contributed by atoms with Crippen molar-refractivity contribution < 1.29 is 4.92 Å². The molecule has 0 radical (unpaired) electrons. The molecule has 2 atom stereocenters. The zero-order valence-corrected chi connectivity index (χ0v) is 11.5. The number of nitrogens with zero attached hydrogens (tertiary/aromatic N) is 1. The van der Waals surface area contributed by atoms with Gasteiger partial charge >= 0.3 is 0 Å².